The van der Waals surface area contributed by atoms with Gasteiger partial charge in [0, 0.05) is 25.7 Å². The Morgan fingerprint density at radius 2 is 2.00 bits per heavy atom. The molecular weight excluding hydrogens is 220 g/mol. The summed E-state index contributed by atoms with van der Waals surface area (Å²) in [6, 6.07) is 9.52. The molecule has 3 unspecified atom stereocenters. The molecule has 0 aliphatic carbocycles. The lowest BCUT2D eigenvalue weighted by molar-refractivity contribution is 0.0907. The Balaban J connectivity index is 1.81. The van der Waals surface area contributed by atoms with Crippen LogP contribution in [0.5, 0.6) is 0 Å². The average Bonchev–Trinajstić information content (AvgIpc) is 2.41. The maximum atomic E-state index is 3.57. The second-order valence-corrected chi connectivity index (χ2v) is 6.08. The summed E-state index contributed by atoms with van der Waals surface area (Å²) >= 11 is 0. The number of fused-ring (bicyclic) bond motifs is 1. The number of hydrogen-bond donors (Lipinski definition) is 1. The Labute approximate surface area is 110 Å². The van der Waals surface area contributed by atoms with Gasteiger partial charge in [-0.05, 0) is 35.9 Å². The Morgan fingerprint density at radius 1 is 1.17 bits per heavy atom. The van der Waals surface area contributed by atoms with Crippen molar-refractivity contribution >= 4 is 0 Å². The highest BCUT2D eigenvalue weighted by Gasteiger charge is 2.30. The van der Waals surface area contributed by atoms with E-state index in [1.54, 1.807) is 5.56 Å². The van der Waals surface area contributed by atoms with Crippen molar-refractivity contribution in [3.63, 3.8) is 0 Å². The SMILES string of the molecule is CC1CCN(C2CNCc3ccccc32)CC1C. The maximum absolute atomic E-state index is 3.57. The summed E-state index contributed by atoms with van der Waals surface area (Å²) in [7, 11) is 0. The average molecular weight is 244 g/mol. The summed E-state index contributed by atoms with van der Waals surface area (Å²) in [6.45, 7) is 9.45. The Kier molecular flexibility index (Phi) is 3.40. The van der Waals surface area contributed by atoms with Gasteiger partial charge in [0.1, 0.15) is 0 Å². The van der Waals surface area contributed by atoms with Gasteiger partial charge >= 0.3 is 0 Å². The lowest BCUT2D eigenvalue weighted by atomic mass is 9.86. The summed E-state index contributed by atoms with van der Waals surface area (Å²) in [6.07, 6.45) is 1.35. The Hall–Kier alpha value is -0.860. The van der Waals surface area contributed by atoms with Crippen molar-refractivity contribution in [3.8, 4) is 0 Å². The highest BCUT2D eigenvalue weighted by atomic mass is 15.2. The summed E-state index contributed by atoms with van der Waals surface area (Å²) in [5.41, 5.74) is 3.04. The standard InChI is InChI=1S/C16H24N2/c1-12-7-8-18(11-13(12)2)16-10-17-9-14-5-3-4-6-15(14)16/h3-6,12-13,16-17H,7-11H2,1-2H3. The van der Waals surface area contributed by atoms with Crippen LogP contribution in [0.3, 0.4) is 0 Å². The third kappa shape index (κ3) is 2.19. The highest BCUT2D eigenvalue weighted by molar-refractivity contribution is 5.32. The third-order valence-electron chi connectivity index (χ3n) is 4.87. The number of benzene rings is 1. The van der Waals surface area contributed by atoms with Crippen LogP contribution in [-0.4, -0.2) is 24.5 Å². The lowest BCUT2D eigenvalue weighted by Crippen LogP contribution is -2.45. The Morgan fingerprint density at radius 3 is 2.83 bits per heavy atom. The molecule has 2 heteroatoms. The molecule has 1 aromatic rings. The van der Waals surface area contributed by atoms with E-state index in [4.69, 9.17) is 0 Å². The smallest absolute Gasteiger partial charge is 0.0476 e. The normalized spacial score (nSPS) is 33.1. The molecule has 2 heterocycles. The van der Waals surface area contributed by atoms with Crippen molar-refractivity contribution in [1.82, 2.24) is 10.2 Å². The molecule has 2 nitrogen and oxygen atoms in total. The minimum absolute atomic E-state index is 0.588. The molecule has 0 saturated carbocycles. The van der Waals surface area contributed by atoms with Crippen LogP contribution in [0, 0.1) is 11.8 Å². The van der Waals surface area contributed by atoms with Gasteiger partial charge in [-0.2, -0.15) is 0 Å². The molecule has 0 spiro atoms. The number of likely N-dealkylation sites (tertiary alicyclic amines) is 1. The van der Waals surface area contributed by atoms with Crippen LogP contribution in [0.25, 0.3) is 0 Å². The summed E-state index contributed by atoms with van der Waals surface area (Å²) in [4.78, 5) is 2.69. The minimum Gasteiger partial charge on any atom is -0.311 e. The monoisotopic (exact) mass is 244 g/mol. The van der Waals surface area contributed by atoms with Crippen molar-refractivity contribution in [2.75, 3.05) is 19.6 Å². The molecule has 0 amide bonds. The maximum Gasteiger partial charge on any atom is 0.0476 e. The number of hydrogen-bond acceptors (Lipinski definition) is 2. The molecule has 1 aromatic carbocycles. The second kappa shape index (κ2) is 5.02. The van der Waals surface area contributed by atoms with Crippen molar-refractivity contribution in [2.45, 2.75) is 32.9 Å². The van der Waals surface area contributed by atoms with Crippen molar-refractivity contribution in [3.05, 3.63) is 35.4 Å². The van der Waals surface area contributed by atoms with Gasteiger partial charge in [0.25, 0.3) is 0 Å². The highest BCUT2D eigenvalue weighted by Crippen LogP contribution is 2.32. The first-order valence-electron chi connectivity index (χ1n) is 7.28. The first kappa shape index (κ1) is 12.2. The van der Waals surface area contributed by atoms with E-state index in [1.165, 1.54) is 25.1 Å². The van der Waals surface area contributed by atoms with Crippen LogP contribution < -0.4 is 5.32 Å². The van der Waals surface area contributed by atoms with Gasteiger partial charge in [-0.1, -0.05) is 38.1 Å². The van der Waals surface area contributed by atoms with Gasteiger partial charge in [0.2, 0.25) is 0 Å². The molecule has 18 heavy (non-hydrogen) atoms. The molecule has 0 aromatic heterocycles. The molecule has 1 saturated heterocycles. The molecule has 3 atom stereocenters. The zero-order valence-electron chi connectivity index (χ0n) is 11.5. The van der Waals surface area contributed by atoms with Crippen LogP contribution in [0.2, 0.25) is 0 Å². The van der Waals surface area contributed by atoms with E-state index < -0.39 is 0 Å². The number of rotatable bonds is 1. The molecule has 0 radical (unpaired) electrons. The predicted molar refractivity (Wildman–Crippen MR) is 75.4 cm³/mol. The molecule has 1 fully saturated rings. The first-order valence-corrected chi connectivity index (χ1v) is 7.28. The van der Waals surface area contributed by atoms with Crippen LogP contribution in [0.15, 0.2) is 24.3 Å². The van der Waals surface area contributed by atoms with Crippen molar-refractivity contribution < 1.29 is 0 Å². The van der Waals surface area contributed by atoms with E-state index >= 15 is 0 Å². The quantitative estimate of drug-likeness (QED) is 0.817. The number of nitrogens with zero attached hydrogens (tertiary/aromatic N) is 1. The molecule has 98 valence electrons. The van der Waals surface area contributed by atoms with E-state index in [0.29, 0.717) is 6.04 Å². The minimum atomic E-state index is 0.588. The molecule has 3 rings (SSSR count). The largest absolute Gasteiger partial charge is 0.311 e. The van der Waals surface area contributed by atoms with Crippen molar-refractivity contribution in [1.29, 1.82) is 0 Å². The van der Waals surface area contributed by atoms with Crippen LogP contribution in [-0.2, 0) is 6.54 Å². The van der Waals surface area contributed by atoms with Crippen LogP contribution in [0.1, 0.15) is 37.4 Å². The second-order valence-electron chi connectivity index (χ2n) is 6.08. The fourth-order valence-corrected chi connectivity index (χ4v) is 3.38. The molecular formula is C16H24N2. The van der Waals surface area contributed by atoms with Crippen LogP contribution >= 0.6 is 0 Å². The van der Waals surface area contributed by atoms with Gasteiger partial charge in [-0.25, -0.2) is 0 Å². The molecule has 2 aliphatic rings. The lowest BCUT2D eigenvalue weighted by Gasteiger charge is -2.42. The summed E-state index contributed by atoms with van der Waals surface area (Å²) in [5, 5.41) is 3.57. The van der Waals surface area contributed by atoms with E-state index in [-0.39, 0.29) is 0 Å². The number of nitrogens with one attached hydrogen (secondary N) is 1. The fourth-order valence-electron chi connectivity index (χ4n) is 3.38. The molecule has 1 N–H and O–H groups in total. The van der Waals surface area contributed by atoms with Gasteiger partial charge in [0.05, 0.1) is 0 Å². The topological polar surface area (TPSA) is 15.3 Å². The summed E-state index contributed by atoms with van der Waals surface area (Å²) < 4.78 is 0. The fraction of sp³-hybridized carbons (Fsp3) is 0.625. The van der Waals surface area contributed by atoms with Gasteiger partial charge in [0.15, 0.2) is 0 Å². The van der Waals surface area contributed by atoms with Crippen molar-refractivity contribution in [2.24, 2.45) is 11.8 Å². The summed E-state index contributed by atoms with van der Waals surface area (Å²) in [5.74, 6) is 1.71. The number of piperidine rings is 1. The van der Waals surface area contributed by atoms with E-state index in [0.717, 1.165) is 24.9 Å². The van der Waals surface area contributed by atoms with Crippen LogP contribution in [0.4, 0.5) is 0 Å². The van der Waals surface area contributed by atoms with Gasteiger partial charge < -0.3 is 5.32 Å². The van der Waals surface area contributed by atoms with E-state index in [9.17, 15) is 0 Å². The Bertz CT molecular complexity index is 415. The molecule has 0 bridgehead atoms. The molecule has 2 aliphatic heterocycles. The third-order valence-corrected chi connectivity index (χ3v) is 4.87. The van der Waals surface area contributed by atoms with E-state index in [2.05, 4.69) is 48.3 Å². The predicted octanol–water partition coefficient (Wildman–Crippen LogP) is 2.81. The van der Waals surface area contributed by atoms with Gasteiger partial charge in [-0.3, -0.25) is 4.90 Å². The van der Waals surface area contributed by atoms with E-state index in [1.807, 2.05) is 0 Å². The zero-order chi connectivity index (χ0) is 12.5. The van der Waals surface area contributed by atoms with Gasteiger partial charge in [-0.15, -0.1) is 0 Å². The zero-order valence-corrected chi connectivity index (χ0v) is 11.5. The first-order chi connectivity index (χ1) is 8.75.